The molecule has 0 aliphatic carbocycles. The number of rotatable bonds is 6. The second kappa shape index (κ2) is 8.87. The number of non-ortho nitro benzene ring substituents is 1. The Kier molecular flexibility index (Phi) is 6.01. The minimum absolute atomic E-state index is 0.0812. The van der Waals surface area contributed by atoms with E-state index in [9.17, 15) is 14.9 Å². The molecule has 9 heteroatoms. The van der Waals surface area contributed by atoms with Crippen molar-refractivity contribution in [2.45, 2.75) is 18.8 Å². The number of thioether (sulfide) groups is 1. The van der Waals surface area contributed by atoms with E-state index in [2.05, 4.69) is 17.6 Å². The number of hydrogen-bond donors (Lipinski definition) is 2. The third-order valence-corrected chi connectivity index (χ3v) is 6.08. The Labute approximate surface area is 187 Å². The van der Waals surface area contributed by atoms with Gasteiger partial charge in [0.2, 0.25) is 0 Å². The van der Waals surface area contributed by atoms with Gasteiger partial charge in [-0.3, -0.25) is 14.9 Å². The van der Waals surface area contributed by atoms with E-state index in [1.165, 1.54) is 35.5 Å². The minimum Gasteiger partial charge on any atom is -0.457 e. The zero-order valence-corrected chi connectivity index (χ0v) is 18.0. The molecule has 3 aromatic rings. The molecule has 158 valence electrons. The predicted octanol–water partition coefficient (Wildman–Crippen LogP) is 5.67. The van der Waals surface area contributed by atoms with Gasteiger partial charge < -0.3 is 15.1 Å². The fourth-order valence-electron chi connectivity index (χ4n) is 3.07. The molecule has 1 amide bonds. The summed E-state index contributed by atoms with van der Waals surface area (Å²) in [5.74, 6) is 0.622. The molecule has 0 spiro atoms. The summed E-state index contributed by atoms with van der Waals surface area (Å²) < 4.78 is 5.78. The number of furan rings is 1. The highest BCUT2D eigenvalue weighted by Gasteiger charge is 2.27. The Hall–Kier alpha value is -3.23. The van der Waals surface area contributed by atoms with Crippen molar-refractivity contribution in [3.05, 3.63) is 86.0 Å². The number of halogens is 1. The summed E-state index contributed by atoms with van der Waals surface area (Å²) in [4.78, 5) is 23.4. The lowest BCUT2D eigenvalue weighted by molar-refractivity contribution is -0.384. The zero-order chi connectivity index (χ0) is 22.0. The molecule has 1 aliphatic heterocycles. The highest BCUT2D eigenvalue weighted by atomic mass is 35.5. The van der Waals surface area contributed by atoms with Gasteiger partial charge >= 0.3 is 0 Å². The van der Waals surface area contributed by atoms with Gasteiger partial charge in [-0.15, -0.1) is 0 Å². The molecule has 1 atom stereocenters. The first-order chi connectivity index (χ1) is 14.9. The van der Waals surface area contributed by atoms with Gasteiger partial charge in [-0.2, -0.15) is 0 Å². The SMILES string of the molecule is CCc1ccc(N[C@@H]2NC(=O)/C(=C/c3ccc(-c4cc([N+](=O)[O-])ccc4Cl)o3)S2)cc1. The van der Waals surface area contributed by atoms with Gasteiger partial charge in [0.25, 0.3) is 11.6 Å². The maximum absolute atomic E-state index is 12.4. The molecular formula is C22H18ClN3O4S. The molecule has 1 saturated heterocycles. The second-order valence-electron chi connectivity index (χ2n) is 6.80. The van der Waals surface area contributed by atoms with Gasteiger partial charge in [0, 0.05) is 29.5 Å². The minimum atomic E-state index is -0.492. The summed E-state index contributed by atoms with van der Waals surface area (Å²) in [5.41, 5.74) is 2.19. The highest BCUT2D eigenvalue weighted by molar-refractivity contribution is 8.05. The van der Waals surface area contributed by atoms with Crippen LogP contribution in [0.2, 0.25) is 5.02 Å². The van der Waals surface area contributed by atoms with Gasteiger partial charge in [-0.05, 0) is 42.3 Å². The smallest absolute Gasteiger partial charge is 0.270 e. The van der Waals surface area contributed by atoms with Crippen LogP contribution in [-0.4, -0.2) is 16.3 Å². The summed E-state index contributed by atoms with van der Waals surface area (Å²) in [6.07, 6.45) is 2.60. The van der Waals surface area contributed by atoms with Crippen molar-refractivity contribution in [1.82, 2.24) is 5.32 Å². The van der Waals surface area contributed by atoms with Crippen LogP contribution in [0.3, 0.4) is 0 Å². The van der Waals surface area contributed by atoms with Crippen molar-refractivity contribution in [2.75, 3.05) is 5.32 Å². The lowest BCUT2D eigenvalue weighted by atomic mass is 10.1. The number of aryl methyl sites for hydroxylation is 1. The van der Waals surface area contributed by atoms with Crippen molar-refractivity contribution >= 4 is 46.7 Å². The molecule has 2 N–H and O–H groups in total. The fourth-order valence-corrected chi connectivity index (χ4v) is 4.25. The maximum atomic E-state index is 12.4. The fraction of sp³-hybridized carbons (Fsp3) is 0.136. The molecule has 0 unspecified atom stereocenters. The number of carbonyl (C=O) groups is 1. The van der Waals surface area contributed by atoms with Crippen molar-refractivity contribution < 1.29 is 14.1 Å². The van der Waals surface area contributed by atoms with E-state index in [1.807, 2.05) is 24.3 Å². The molecule has 1 fully saturated rings. The van der Waals surface area contributed by atoms with Crippen molar-refractivity contribution in [3.63, 3.8) is 0 Å². The molecule has 2 heterocycles. The second-order valence-corrected chi connectivity index (χ2v) is 8.35. The number of anilines is 1. The van der Waals surface area contributed by atoms with E-state index in [-0.39, 0.29) is 17.1 Å². The molecule has 4 rings (SSSR count). The number of benzene rings is 2. The number of nitro benzene ring substituents is 1. The third kappa shape index (κ3) is 4.76. The molecule has 0 bridgehead atoms. The third-order valence-electron chi connectivity index (χ3n) is 4.72. The van der Waals surface area contributed by atoms with Crippen LogP contribution in [0.5, 0.6) is 0 Å². The Balaban J connectivity index is 1.49. The Morgan fingerprint density at radius 3 is 2.71 bits per heavy atom. The first kappa shape index (κ1) is 21.0. The average molecular weight is 456 g/mol. The van der Waals surface area contributed by atoms with Crippen molar-refractivity contribution in [1.29, 1.82) is 0 Å². The first-order valence-electron chi connectivity index (χ1n) is 9.52. The normalized spacial score (nSPS) is 17.0. The highest BCUT2D eigenvalue weighted by Crippen LogP contribution is 2.35. The van der Waals surface area contributed by atoms with E-state index in [4.69, 9.17) is 16.0 Å². The molecule has 1 aliphatic rings. The average Bonchev–Trinajstić information content (AvgIpc) is 3.35. The molecule has 0 radical (unpaired) electrons. The molecule has 0 saturated carbocycles. The van der Waals surface area contributed by atoms with Gasteiger partial charge in [0.15, 0.2) is 5.50 Å². The quantitative estimate of drug-likeness (QED) is 0.282. The lowest BCUT2D eigenvalue weighted by Gasteiger charge is -2.12. The summed E-state index contributed by atoms with van der Waals surface area (Å²) in [6.45, 7) is 2.10. The monoisotopic (exact) mass is 455 g/mol. The van der Waals surface area contributed by atoms with Gasteiger partial charge in [-0.25, -0.2) is 0 Å². The van der Waals surface area contributed by atoms with Crippen LogP contribution in [0, 0.1) is 10.1 Å². The summed E-state index contributed by atoms with van der Waals surface area (Å²) in [5, 5.41) is 17.5. The maximum Gasteiger partial charge on any atom is 0.270 e. The van der Waals surface area contributed by atoms with E-state index in [0.717, 1.165) is 12.1 Å². The molecule has 2 aromatic carbocycles. The summed E-state index contributed by atoms with van der Waals surface area (Å²) in [7, 11) is 0. The van der Waals surface area contributed by atoms with Gasteiger partial charge in [0.1, 0.15) is 11.5 Å². The van der Waals surface area contributed by atoms with E-state index < -0.39 is 4.92 Å². The van der Waals surface area contributed by atoms with Crippen LogP contribution in [-0.2, 0) is 11.2 Å². The number of nitro groups is 1. The van der Waals surface area contributed by atoms with Crippen molar-refractivity contribution in [3.8, 4) is 11.3 Å². The van der Waals surface area contributed by atoms with Crippen LogP contribution in [0.25, 0.3) is 17.4 Å². The summed E-state index contributed by atoms with van der Waals surface area (Å²) >= 11 is 7.53. The Bertz CT molecular complexity index is 1170. The largest absolute Gasteiger partial charge is 0.457 e. The van der Waals surface area contributed by atoms with Crippen LogP contribution in [0.15, 0.2) is 63.9 Å². The predicted molar refractivity (Wildman–Crippen MR) is 123 cm³/mol. The van der Waals surface area contributed by atoms with Crippen LogP contribution >= 0.6 is 23.4 Å². The van der Waals surface area contributed by atoms with Crippen LogP contribution in [0.1, 0.15) is 18.2 Å². The number of amides is 1. The zero-order valence-electron chi connectivity index (χ0n) is 16.4. The van der Waals surface area contributed by atoms with Crippen LogP contribution < -0.4 is 10.6 Å². The number of carbonyl (C=O) groups excluding carboxylic acids is 1. The standard InChI is InChI=1S/C22H18ClN3O4S/c1-2-13-3-5-14(6-4-13)24-22-25-21(27)20(31-22)12-16-8-10-19(30-16)17-11-15(26(28)29)7-9-18(17)23/h3-12,22,24H,2H2,1H3,(H,25,27)/b20-12-/t22-/m1/s1. The molecule has 31 heavy (non-hydrogen) atoms. The molecular weight excluding hydrogens is 438 g/mol. The Morgan fingerprint density at radius 1 is 1.23 bits per heavy atom. The van der Waals surface area contributed by atoms with Crippen LogP contribution in [0.4, 0.5) is 11.4 Å². The van der Waals surface area contributed by atoms with Crippen molar-refractivity contribution in [2.24, 2.45) is 0 Å². The molecule has 7 nitrogen and oxygen atoms in total. The Morgan fingerprint density at radius 2 is 2.00 bits per heavy atom. The van der Waals surface area contributed by atoms with E-state index in [1.54, 1.807) is 18.2 Å². The lowest BCUT2D eigenvalue weighted by Crippen LogP contribution is -2.30. The van der Waals surface area contributed by atoms with Gasteiger partial charge in [0.05, 0.1) is 14.9 Å². The van der Waals surface area contributed by atoms with E-state index in [0.29, 0.717) is 27.0 Å². The van der Waals surface area contributed by atoms with E-state index >= 15 is 0 Å². The molecule has 1 aromatic heterocycles. The number of hydrogen-bond acceptors (Lipinski definition) is 6. The number of nitrogens with one attached hydrogen (secondary N) is 2. The number of nitrogens with zero attached hydrogens (tertiary/aromatic N) is 1. The summed E-state index contributed by atoms with van der Waals surface area (Å²) in [6, 6.07) is 15.6. The topological polar surface area (TPSA) is 97.4 Å². The first-order valence-corrected chi connectivity index (χ1v) is 10.8. The van der Waals surface area contributed by atoms with Gasteiger partial charge in [-0.1, -0.05) is 42.4 Å².